The van der Waals surface area contributed by atoms with Gasteiger partial charge in [-0.15, -0.1) is 0 Å². The zero-order valence-electron chi connectivity index (χ0n) is 12.7. The van der Waals surface area contributed by atoms with E-state index >= 15 is 0 Å². The summed E-state index contributed by atoms with van der Waals surface area (Å²) in [6.45, 7) is 13.6. The van der Waals surface area contributed by atoms with Crippen LogP contribution in [-0.4, -0.2) is 18.6 Å². The zero-order chi connectivity index (χ0) is 14.1. The molecular weight excluding hydrogens is 220 g/mol. The third-order valence-electron chi connectivity index (χ3n) is 3.09. The molecule has 0 aromatic carbocycles. The highest BCUT2D eigenvalue weighted by atomic mass is 15.1. The van der Waals surface area contributed by atoms with Crippen molar-refractivity contribution in [2.75, 3.05) is 13.7 Å². The summed E-state index contributed by atoms with van der Waals surface area (Å²) in [4.78, 5) is 2.00. The van der Waals surface area contributed by atoms with Crippen molar-refractivity contribution in [3.8, 4) is 0 Å². The van der Waals surface area contributed by atoms with Crippen LogP contribution in [0.1, 0.15) is 40.5 Å². The standard InChI is InChI=1S/C16H30N2/c1-7-14(4)16(11-18(6)12-17)15(5)10-8-9-13(2)3/h8,10-11,13-14H,5,7,9,12,17H2,1-4,6H3/b10-8-,16-11-. The first kappa shape index (κ1) is 17.0. The van der Waals surface area contributed by atoms with E-state index in [-0.39, 0.29) is 0 Å². The normalized spacial score (nSPS) is 14.3. The van der Waals surface area contributed by atoms with Crippen molar-refractivity contribution in [1.29, 1.82) is 0 Å². The molecule has 0 aromatic heterocycles. The van der Waals surface area contributed by atoms with Crippen molar-refractivity contribution in [3.05, 3.63) is 36.1 Å². The van der Waals surface area contributed by atoms with Crippen LogP contribution in [-0.2, 0) is 0 Å². The average molecular weight is 250 g/mol. The number of nitrogens with zero attached hydrogens (tertiary/aromatic N) is 1. The quantitative estimate of drug-likeness (QED) is 0.522. The molecule has 0 spiro atoms. The van der Waals surface area contributed by atoms with E-state index in [1.165, 1.54) is 5.57 Å². The number of nitrogens with two attached hydrogens (primary N) is 1. The van der Waals surface area contributed by atoms with Gasteiger partial charge in [-0.05, 0) is 35.8 Å². The third-order valence-corrected chi connectivity index (χ3v) is 3.09. The molecule has 104 valence electrons. The molecular formula is C16H30N2. The van der Waals surface area contributed by atoms with Gasteiger partial charge in [-0.25, -0.2) is 0 Å². The van der Waals surface area contributed by atoms with Crippen LogP contribution in [0.2, 0.25) is 0 Å². The fourth-order valence-corrected chi connectivity index (χ4v) is 1.62. The first-order valence-corrected chi connectivity index (χ1v) is 6.90. The number of hydrogen-bond donors (Lipinski definition) is 1. The molecule has 0 fully saturated rings. The summed E-state index contributed by atoms with van der Waals surface area (Å²) in [7, 11) is 1.99. The van der Waals surface area contributed by atoms with Gasteiger partial charge in [0.1, 0.15) is 0 Å². The maximum Gasteiger partial charge on any atom is 0.0648 e. The second kappa shape index (κ2) is 8.98. The van der Waals surface area contributed by atoms with E-state index in [2.05, 4.69) is 52.6 Å². The zero-order valence-corrected chi connectivity index (χ0v) is 12.7. The van der Waals surface area contributed by atoms with E-state index < -0.39 is 0 Å². The lowest BCUT2D eigenvalue weighted by Crippen LogP contribution is -2.21. The molecule has 1 atom stereocenters. The van der Waals surface area contributed by atoms with Gasteiger partial charge >= 0.3 is 0 Å². The molecule has 2 nitrogen and oxygen atoms in total. The molecule has 0 radical (unpaired) electrons. The number of hydrogen-bond acceptors (Lipinski definition) is 2. The van der Waals surface area contributed by atoms with Crippen molar-refractivity contribution in [2.24, 2.45) is 17.6 Å². The summed E-state index contributed by atoms with van der Waals surface area (Å²) in [5.74, 6) is 1.20. The van der Waals surface area contributed by atoms with E-state index in [4.69, 9.17) is 5.73 Å². The molecule has 2 N–H and O–H groups in total. The highest BCUT2D eigenvalue weighted by molar-refractivity contribution is 5.38. The monoisotopic (exact) mass is 250 g/mol. The van der Waals surface area contributed by atoms with Crippen LogP contribution in [0.5, 0.6) is 0 Å². The minimum Gasteiger partial charge on any atom is -0.368 e. The molecule has 0 amide bonds. The van der Waals surface area contributed by atoms with E-state index in [9.17, 15) is 0 Å². The average Bonchev–Trinajstić information content (AvgIpc) is 2.33. The van der Waals surface area contributed by atoms with Gasteiger partial charge < -0.3 is 10.6 Å². The minimum absolute atomic E-state index is 0.509. The van der Waals surface area contributed by atoms with Gasteiger partial charge in [-0.3, -0.25) is 0 Å². The predicted molar refractivity (Wildman–Crippen MR) is 82.1 cm³/mol. The second-order valence-electron chi connectivity index (χ2n) is 5.39. The van der Waals surface area contributed by atoms with E-state index in [0.29, 0.717) is 18.5 Å². The lowest BCUT2D eigenvalue weighted by molar-refractivity contribution is 0.460. The van der Waals surface area contributed by atoms with Crippen LogP contribution in [0.4, 0.5) is 0 Å². The molecule has 1 unspecified atom stereocenters. The molecule has 2 heteroatoms. The van der Waals surface area contributed by atoms with Crippen LogP contribution >= 0.6 is 0 Å². The van der Waals surface area contributed by atoms with Crippen molar-refractivity contribution in [2.45, 2.75) is 40.5 Å². The number of rotatable bonds is 8. The highest BCUT2D eigenvalue weighted by Crippen LogP contribution is 2.23. The molecule has 18 heavy (non-hydrogen) atoms. The summed E-state index contributed by atoms with van der Waals surface area (Å²) < 4.78 is 0. The molecule has 0 aliphatic carbocycles. The molecule has 0 aliphatic rings. The summed E-state index contributed by atoms with van der Waals surface area (Å²) in [5.41, 5.74) is 8.02. The molecule has 0 saturated heterocycles. The molecule has 0 heterocycles. The fraction of sp³-hybridized carbons (Fsp3) is 0.625. The van der Waals surface area contributed by atoms with E-state index in [1.807, 2.05) is 11.9 Å². The third kappa shape index (κ3) is 6.65. The Labute approximate surface area is 113 Å². The van der Waals surface area contributed by atoms with E-state index in [0.717, 1.165) is 18.4 Å². The molecule has 0 saturated carbocycles. The van der Waals surface area contributed by atoms with Crippen molar-refractivity contribution in [1.82, 2.24) is 4.90 Å². The van der Waals surface area contributed by atoms with Crippen molar-refractivity contribution in [3.63, 3.8) is 0 Å². The topological polar surface area (TPSA) is 29.3 Å². The van der Waals surface area contributed by atoms with Gasteiger partial charge in [0.2, 0.25) is 0 Å². The first-order chi connectivity index (χ1) is 8.42. The summed E-state index contributed by atoms with van der Waals surface area (Å²) in [6.07, 6.45) is 8.69. The van der Waals surface area contributed by atoms with Crippen LogP contribution in [0.15, 0.2) is 36.1 Å². The smallest absolute Gasteiger partial charge is 0.0648 e. The Bertz CT molecular complexity index is 300. The first-order valence-electron chi connectivity index (χ1n) is 6.90. The highest BCUT2D eigenvalue weighted by Gasteiger charge is 2.09. The van der Waals surface area contributed by atoms with Gasteiger partial charge in [0.25, 0.3) is 0 Å². The van der Waals surface area contributed by atoms with Gasteiger partial charge in [-0.2, -0.15) is 0 Å². The summed E-state index contributed by atoms with van der Waals surface area (Å²) in [6, 6.07) is 0. The molecule has 0 aliphatic heterocycles. The summed E-state index contributed by atoms with van der Waals surface area (Å²) in [5, 5.41) is 0. The van der Waals surface area contributed by atoms with Crippen molar-refractivity contribution >= 4 is 0 Å². The summed E-state index contributed by atoms with van der Waals surface area (Å²) >= 11 is 0. The van der Waals surface area contributed by atoms with Crippen LogP contribution in [0.25, 0.3) is 0 Å². The Morgan fingerprint density at radius 1 is 1.33 bits per heavy atom. The maximum atomic E-state index is 5.64. The Hall–Kier alpha value is -1.02. The largest absolute Gasteiger partial charge is 0.368 e. The Morgan fingerprint density at radius 2 is 1.94 bits per heavy atom. The lowest BCUT2D eigenvalue weighted by atomic mass is 9.92. The van der Waals surface area contributed by atoms with Crippen molar-refractivity contribution < 1.29 is 0 Å². The lowest BCUT2D eigenvalue weighted by Gasteiger charge is -2.19. The van der Waals surface area contributed by atoms with Crippen LogP contribution in [0, 0.1) is 11.8 Å². The van der Waals surface area contributed by atoms with Gasteiger partial charge in [-0.1, -0.05) is 46.4 Å². The Balaban J connectivity index is 4.81. The second-order valence-corrected chi connectivity index (χ2v) is 5.39. The van der Waals surface area contributed by atoms with Gasteiger partial charge in [0.15, 0.2) is 0 Å². The molecule has 0 bridgehead atoms. The van der Waals surface area contributed by atoms with Gasteiger partial charge in [0, 0.05) is 13.2 Å². The Morgan fingerprint density at radius 3 is 2.39 bits per heavy atom. The predicted octanol–water partition coefficient (Wildman–Crippen LogP) is 3.92. The van der Waals surface area contributed by atoms with E-state index in [1.54, 1.807) is 0 Å². The maximum absolute atomic E-state index is 5.64. The van der Waals surface area contributed by atoms with Crippen LogP contribution in [0.3, 0.4) is 0 Å². The SMILES string of the molecule is C=C(/C=C\CC(C)C)/C(=C\N(C)CN)C(C)CC. The molecule has 0 rings (SSSR count). The molecule has 0 aromatic rings. The fourth-order valence-electron chi connectivity index (χ4n) is 1.62. The van der Waals surface area contributed by atoms with Gasteiger partial charge in [0.05, 0.1) is 6.67 Å². The minimum atomic E-state index is 0.509. The Kier molecular flexibility index (Phi) is 8.47. The number of allylic oxidation sites excluding steroid dienone is 4. The van der Waals surface area contributed by atoms with Crippen LogP contribution < -0.4 is 5.73 Å².